The molecule has 1 unspecified atom stereocenters. The van der Waals surface area contributed by atoms with Crippen LogP contribution in [0, 0.1) is 12.8 Å². The van der Waals surface area contributed by atoms with Crippen molar-refractivity contribution < 1.29 is 17.9 Å². The van der Waals surface area contributed by atoms with Crippen LogP contribution >= 0.6 is 0 Å². The maximum absolute atomic E-state index is 12.6. The van der Waals surface area contributed by atoms with E-state index < -0.39 is 16.1 Å². The Morgan fingerprint density at radius 1 is 1.04 bits per heavy atom. The van der Waals surface area contributed by atoms with Crippen molar-refractivity contribution in [3.05, 3.63) is 60.2 Å². The Morgan fingerprint density at radius 2 is 1.68 bits per heavy atom. The van der Waals surface area contributed by atoms with Crippen LogP contribution in [0.2, 0.25) is 0 Å². The Kier molecular flexibility index (Phi) is 8.02. The molecule has 0 aliphatic rings. The third kappa shape index (κ3) is 6.98. The average molecular weight is 405 g/mol. The topological polar surface area (TPSA) is 84.5 Å². The minimum absolute atomic E-state index is 0.145. The van der Waals surface area contributed by atoms with Gasteiger partial charge in [-0.05, 0) is 43.5 Å². The van der Waals surface area contributed by atoms with E-state index in [0.29, 0.717) is 13.0 Å². The molecule has 6 nitrogen and oxygen atoms in total. The first-order chi connectivity index (χ1) is 13.3. The molecule has 0 aliphatic carbocycles. The van der Waals surface area contributed by atoms with Crippen molar-refractivity contribution in [3.63, 3.8) is 0 Å². The summed E-state index contributed by atoms with van der Waals surface area (Å²) in [6.07, 6.45) is 0.399. The standard InChI is InChI=1S/C21H28N2O4S/c1-16(2)15-20(23-28(25,26)19-11-9-17(3)10-12-19)21(24)22-13-14-27-18-7-5-4-6-8-18/h4-12,16,20,23H,13-15H2,1-3H3,(H,22,24). The second-order valence-corrected chi connectivity index (χ2v) is 8.78. The first kappa shape index (κ1) is 21.9. The molecule has 0 aliphatic heterocycles. The highest BCUT2D eigenvalue weighted by Gasteiger charge is 2.26. The highest BCUT2D eigenvalue weighted by molar-refractivity contribution is 7.89. The van der Waals surface area contributed by atoms with Gasteiger partial charge >= 0.3 is 0 Å². The van der Waals surface area contributed by atoms with Crippen LogP contribution in [0.25, 0.3) is 0 Å². The first-order valence-electron chi connectivity index (χ1n) is 9.32. The number of hydrogen-bond donors (Lipinski definition) is 2. The van der Waals surface area contributed by atoms with Crippen molar-refractivity contribution in [1.82, 2.24) is 10.0 Å². The summed E-state index contributed by atoms with van der Waals surface area (Å²) in [5.41, 5.74) is 0.967. The Morgan fingerprint density at radius 3 is 2.29 bits per heavy atom. The van der Waals surface area contributed by atoms with E-state index in [-0.39, 0.29) is 23.3 Å². The van der Waals surface area contributed by atoms with Gasteiger partial charge in [0, 0.05) is 0 Å². The number of carbonyl (C=O) groups is 1. The van der Waals surface area contributed by atoms with Crippen LogP contribution in [0.1, 0.15) is 25.8 Å². The average Bonchev–Trinajstić information content (AvgIpc) is 2.65. The fourth-order valence-electron chi connectivity index (χ4n) is 2.64. The Hall–Kier alpha value is -2.38. The van der Waals surface area contributed by atoms with Crippen LogP contribution in [0.15, 0.2) is 59.5 Å². The molecule has 28 heavy (non-hydrogen) atoms. The number of nitrogens with one attached hydrogen (secondary N) is 2. The van der Waals surface area contributed by atoms with E-state index in [1.807, 2.05) is 51.1 Å². The summed E-state index contributed by atoms with van der Waals surface area (Å²) in [6, 6.07) is 15.0. The number of hydrogen-bond acceptors (Lipinski definition) is 4. The number of carbonyl (C=O) groups excluding carboxylic acids is 1. The van der Waals surface area contributed by atoms with E-state index in [2.05, 4.69) is 10.0 Å². The maximum atomic E-state index is 12.6. The van der Waals surface area contributed by atoms with Gasteiger partial charge in [0.05, 0.1) is 11.4 Å². The summed E-state index contributed by atoms with van der Waals surface area (Å²) in [4.78, 5) is 12.7. The van der Waals surface area contributed by atoms with E-state index in [0.717, 1.165) is 11.3 Å². The lowest BCUT2D eigenvalue weighted by Crippen LogP contribution is -2.48. The van der Waals surface area contributed by atoms with Gasteiger partial charge in [-0.1, -0.05) is 49.7 Å². The zero-order valence-electron chi connectivity index (χ0n) is 16.5. The summed E-state index contributed by atoms with van der Waals surface area (Å²) in [5.74, 6) is 0.508. The van der Waals surface area contributed by atoms with Crippen molar-refractivity contribution >= 4 is 15.9 Å². The highest BCUT2D eigenvalue weighted by Crippen LogP contribution is 2.13. The highest BCUT2D eigenvalue weighted by atomic mass is 32.2. The normalized spacial score (nSPS) is 12.6. The van der Waals surface area contributed by atoms with Gasteiger partial charge in [-0.2, -0.15) is 4.72 Å². The Bertz CT molecular complexity index is 850. The van der Waals surface area contributed by atoms with Gasteiger partial charge in [0.1, 0.15) is 18.4 Å². The molecular weight excluding hydrogens is 376 g/mol. The van der Waals surface area contributed by atoms with Crippen LogP contribution in [0.3, 0.4) is 0 Å². The summed E-state index contributed by atoms with van der Waals surface area (Å²) in [7, 11) is -3.78. The molecule has 0 aromatic heterocycles. The summed E-state index contributed by atoms with van der Waals surface area (Å²) < 4.78 is 33.4. The van der Waals surface area contributed by atoms with Crippen LogP contribution < -0.4 is 14.8 Å². The third-order valence-electron chi connectivity index (χ3n) is 4.07. The molecule has 7 heteroatoms. The molecular formula is C21H28N2O4S. The maximum Gasteiger partial charge on any atom is 0.241 e. The van der Waals surface area contributed by atoms with Gasteiger partial charge in [0.15, 0.2) is 0 Å². The number of para-hydroxylation sites is 1. The van der Waals surface area contributed by atoms with Gasteiger partial charge in [0.25, 0.3) is 0 Å². The minimum atomic E-state index is -3.78. The zero-order valence-corrected chi connectivity index (χ0v) is 17.3. The van der Waals surface area contributed by atoms with Gasteiger partial charge in [-0.3, -0.25) is 4.79 Å². The lowest BCUT2D eigenvalue weighted by Gasteiger charge is -2.20. The number of rotatable bonds is 10. The van der Waals surface area contributed by atoms with E-state index in [4.69, 9.17) is 4.74 Å². The lowest BCUT2D eigenvalue weighted by atomic mass is 10.0. The number of ether oxygens (including phenoxy) is 1. The van der Waals surface area contributed by atoms with Crippen molar-refractivity contribution in [2.75, 3.05) is 13.2 Å². The van der Waals surface area contributed by atoms with E-state index in [1.165, 1.54) is 12.1 Å². The summed E-state index contributed by atoms with van der Waals surface area (Å²) in [5, 5.41) is 2.75. The molecule has 0 spiro atoms. The zero-order chi connectivity index (χ0) is 20.6. The van der Waals surface area contributed by atoms with Crippen molar-refractivity contribution in [1.29, 1.82) is 0 Å². The minimum Gasteiger partial charge on any atom is -0.492 e. The Balaban J connectivity index is 1.95. The first-order valence-corrected chi connectivity index (χ1v) is 10.8. The molecule has 2 aromatic carbocycles. The molecule has 2 N–H and O–H groups in total. The fourth-order valence-corrected chi connectivity index (χ4v) is 3.84. The van der Waals surface area contributed by atoms with Gasteiger partial charge in [0.2, 0.25) is 15.9 Å². The smallest absolute Gasteiger partial charge is 0.241 e. The SMILES string of the molecule is Cc1ccc(S(=O)(=O)NC(CC(C)C)C(=O)NCCOc2ccccc2)cc1. The molecule has 2 rings (SSSR count). The van der Waals surface area contributed by atoms with Crippen molar-refractivity contribution in [2.45, 2.75) is 38.1 Å². The van der Waals surface area contributed by atoms with Crippen LogP contribution in [-0.4, -0.2) is 33.5 Å². The molecule has 0 saturated heterocycles. The van der Waals surface area contributed by atoms with Crippen molar-refractivity contribution in [3.8, 4) is 5.75 Å². The lowest BCUT2D eigenvalue weighted by molar-refractivity contribution is -0.123. The molecule has 0 fully saturated rings. The number of sulfonamides is 1. The van der Waals surface area contributed by atoms with Crippen LogP contribution in [0.4, 0.5) is 0 Å². The molecule has 1 atom stereocenters. The molecule has 1 amide bonds. The van der Waals surface area contributed by atoms with Crippen molar-refractivity contribution in [2.24, 2.45) is 5.92 Å². The Labute approximate surface area is 167 Å². The van der Waals surface area contributed by atoms with Gasteiger partial charge in [-0.25, -0.2) is 8.42 Å². The monoisotopic (exact) mass is 404 g/mol. The molecule has 152 valence electrons. The van der Waals surface area contributed by atoms with Crippen LogP contribution in [-0.2, 0) is 14.8 Å². The van der Waals surface area contributed by atoms with E-state index >= 15 is 0 Å². The van der Waals surface area contributed by atoms with Gasteiger partial charge in [-0.15, -0.1) is 0 Å². The molecule has 2 aromatic rings. The van der Waals surface area contributed by atoms with Gasteiger partial charge < -0.3 is 10.1 Å². The van der Waals surface area contributed by atoms with E-state index in [1.54, 1.807) is 12.1 Å². The second-order valence-electron chi connectivity index (χ2n) is 7.07. The number of amides is 1. The summed E-state index contributed by atoms with van der Waals surface area (Å²) in [6.45, 7) is 6.36. The fraction of sp³-hybridized carbons (Fsp3) is 0.381. The van der Waals surface area contributed by atoms with Crippen LogP contribution in [0.5, 0.6) is 5.75 Å². The predicted octanol–water partition coefficient (Wildman–Crippen LogP) is 2.88. The third-order valence-corrected chi connectivity index (χ3v) is 5.55. The quantitative estimate of drug-likeness (QED) is 0.597. The second kappa shape index (κ2) is 10.2. The van der Waals surface area contributed by atoms with E-state index in [9.17, 15) is 13.2 Å². The largest absolute Gasteiger partial charge is 0.492 e. The molecule has 0 heterocycles. The number of benzene rings is 2. The summed E-state index contributed by atoms with van der Waals surface area (Å²) >= 11 is 0. The molecule has 0 radical (unpaired) electrons. The predicted molar refractivity (Wildman–Crippen MR) is 110 cm³/mol. The number of aryl methyl sites for hydroxylation is 1. The molecule has 0 saturated carbocycles. The molecule has 0 bridgehead atoms.